The number of hydrazine groups is 1. The zero-order valence-corrected chi connectivity index (χ0v) is 20.2. The number of fused-ring (bicyclic) bond motifs is 1. The van der Waals surface area contributed by atoms with E-state index >= 15 is 0 Å². The quantitative estimate of drug-likeness (QED) is 0.418. The molecule has 1 aliphatic heterocycles. The maximum absolute atomic E-state index is 13.5. The predicted octanol–water partition coefficient (Wildman–Crippen LogP) is 4.76. The zero-order valence-electron chi connectivity index (χ0n) is 16.4. The maximum Gasteiger partial charge on any atom is 0.276 e. The number of hydrogen-bond acceptors (Lipinski definition) is 5. The number of nitrogens with zero attached hydrogens (tertiary/aromatic N) is 2. The van der Waals surface area contributed by atoms with Gasteiger partial charge in [-0.2, -0.15) is 0 Å². The molecule has 0 spiro atoms. The molecule has 4 rings (SSSR count). The third-order valence-electron chi connectivity index (χ3n) is 4.71. The molecule has 1 aromatic heterocycles. The lowest BCUT2D eigenvalue weighted by molar-refractivity contribution is 0.0488. The van der Waals surface area contributed by atoms with Gasteiger partial charge in [0.2, 0.25) is 0 Å². The number of carbonyl (C=O) groups is 2. The van der Waals surface area contributed by atoms with Crippen LogP contribution in [0.5, 0.6) is 5.75 Å². The Bertz CT molecular complexity index is 1140. The minimum Gasteiger partial charge on any atom is -0.493 e. The Hall–Kier alpha value is -2.66. The van der Waals surface area contributed by atoms with E-state index in [4.69, 9.17) is 4.74 Å². The second kappa shape index (κ2) is 9.23. The lowest BCUT2D eigenvalue weighted by Gasteiger charge is -2.38. The van der Waals surface area contributed by atoms with Crippen LogP contribution in [0.3, 0.4) is 0 Å². The van der Waals surface area contributed by atoms with E-state index in [0.29, 0.717) is 34.7 Å². The molecule has 0 unspecified atom stereocenters. The lowest BCUT2D eigenvalue weighted by atomic mass is 10.0. The number of amides is 2. The summed E-state index contributed by atoms with van der Waals surface area (Å²) in [5.74, 6) is -0.111. The number of rotatable bonds is 5. The van der Waals surface area contributed by atoms with E-state index in [1.165, 1.54) is 17.4 Å². The molecule has 0 aliphatic carbocycles. The van der Waals surface area contributed by atoms with Crippen LogP contribution in [0, 0.1) is 3.57 Å². The number of hydrogen-bond donors (Lipinski definition) is 2. The SMILES string of the molecule is CCOc1ccc(Br)cc1[C@H]1Nc2ccc(I)cc2C(=O)N1NC(=O)c1ccncc1. The van der Waals surface area contributed by atoms with Crippen molar-refractivity contribution in [3.05, 3.63) is 85.7 Å². The molecule has 9 heteroatoms. The Morgan fingerprint density at radius 3 is 2.74 bits per heavy atom. The van der Waals surface area contributed by atoms with Gasteiger partial charge in [-0.15, -0.1) is 0 Å². The third kappa shape index (κ3) is 4.52. The molecule has 2 N–H and O–H groups in total. The van der Waals surface area contributed by atoms with E-state index in [1.54, 1.807) is 18.2 Å². The van der Waals surface area contributed by atoms with E-state index in [2.05, 4.69) is 54.2 Å². The average Bonchev–Trinajstić information content (AvgIpc) is 2.78. The van der Waals surface area contributed by atoms with Gasteiger partial charge in [-0.05, 0) is 78.0 Å². The van der Waals surface area contributed by atoms with Gasteiger partial charge in [0.05, 0.1) is 12.2 Å². The first-order valence-corrected chi connectivity index (χ1v) is 11.4. The molecule has 158 valence electrons. The highest BCUT2D eigenvalue weighted by molar-refractivity contribution is 14.1. The zero-order chi connectivity index (χ0) is 22.0. The van der Waals surface area contributed by atoms with Crippen molar-refractivity contribution in [1.29, 1.82) is 0 Å². The van der Waals surface area contributed by atoms with Crippen LogP contribution < -0.4 is 15.5 Å². The first kappa shape index (κ1) is 21.6. The fourth-order valence-corrected chi connectivity index (χ4v) is 4.18. The van der Waals surface area contributed by atoms with E-state index in [0.717, 1.165) is 8.04 Å². The Kier molecular flexibility index (Phi) is 6.42. The highest BCUT2D eigenvalue weighted by Gasteiger charge is 2.36. The highest BCUT2D eigenvalue weighted by Crippen LogP contribution is 2.37. The molecular formula is C22H18BrIN4O3. The molecule has 0 saturated heterocycles. The molecular weight excluding hydrogens is 575 g/mol. The van der Waals surface area contributed by atoms with Crippen molar-refractivity contribution in [3.63, 3.8) is 0 Å². The van der Waals surface area contributed by atoms with Crippen molar-refractivity contribution in [3.8, 4) is 5.75 Å². The number of nitrogens with one attached hydrogen (secondary N) is 2. The van der Waals surface area contributed by atoms with Crippen molar-refractivity contribution in [2.24, 2.45) is 0 Å². The van der Waals surface area contributed by atoms with Gasteiger partial charge >= 0.3 is 0 Å². The van der Waals surface area contributed by atoms with Crippen LogP contribution in [-0.2, 0) is 0 Å². The van der Waals surface area contributed by atoms with Crippen LogP contribution in [-0.4, -0.2) is 28.4 Å². The number of pyridine rings is 1. The predicted molar refractivity (Wildman–Crippen MR) is 129 cm³/mol. The topological polar surface area (TPSA) is 83.6 Å². The van der Waals surface area contributed by atoms with Gasteiger partial charge in [-0.1, -0.05) is 15.9 Å². The number of ether oxygens (including phenoxy) is 1. The third-order valence-corrected chi connectivity index (χ3v) is 5.88. The minimum atomic E-state index is -0.676. The number of anilines is 1. The molecule has 0 fully saturated rings. The summed E-state index contributed by atoms with van der Waals surface area (Å²) in [6, 6.07) is 14.3. The summed E-state index contributed by atoms with van der Waals surface area (Å²) >= 11 is 5.65. The van der Waals surface area contributed by atoms with Crippen LogP contribution in [0.15, 0.2) is 65.4 Å². The molecule has 0 radical (unpaired) electrons. The summed E-state index contributed by atoms with van der Waals surface area (Å²) in [7, 11) is 0. The van der Waals surface area contributed by atoms with Crippen LogP contribution >= 0.6 is 38.5 Å². The van der Waals surface area contributed by atoms with E-state index < -0.39 is 12.1 Å². The molecule has 0 bridgehead atoms. The molecule has 3 aromatic rings. The monoisotopic (exact) mass is 592 g/mol. The van der Waals surface area contributed by atoms with Gasteiger partial charge in [0.1, 0.15) is 5.75 Å². The van der Waals surface area contributed by atoms with Crippen LogP contribution in [0.4, 0.5) is 5.69 Å². The van der Waals surface area contributed by atoms with Gasteiger partial charge in [-0.25, -0.2) is 5.01 Å². The Labute approximate surface area is 201 Å². The largest absolute Gasteiger partial charge is 0.493 e. The molecule has 1 aliphatic rings. The second-order valence-electron chi connectivity index (χ2n) is 6.70. The van der Waals surface area contributed by atoms with Crippen LogP contribution in [0.1, 0.15) is 39.4 Å². The van der Waals surface area contributed by atoms with Crippen molar-refractivity contribution >= 4 is 56.0 Å². The molecule has 2 amide bonds. The first-order valence-electron chi connectivity index (χ1n) is 9.51. The number of aromatic nitrogens is 1. The van der Waals surface area contributed by atoms with Crippen molar-refractivity contribution in [1.82, 2.24) is 15.4 Å². The number of benzene rings is 2. The molecule has 7 nitrogen and oxygen atoms in total. The van der Waals surface area contributed by atoms with Crippen molar-refractivity contribution < 1.29 is 14.3 Å². The molecule has 2 aromatic carbocycles. The van der Waals surface area contributed by atoms with Gasteiger partial charge < -0.3 is 10.1 Å². The Balaban J connectivity index is 1.79. The molecule has 2 heterocycles. The summed E-state index contributed by atoms with van der Waals surface area (Å²) < 4.78 is 7.55. The fraction of sp³-hybridized carbons (Fsp3) is 0.136. The first-order chi connectivity index (χ1) is 15.0. The average molecular weight is 593 g/mol. The summed E-state index contributed by atoms with van der Waals surface area (Å²) in [6.07, 6.45) is 2.38. The van der Waals surface area contributed by atoms with Crippen molar-refractivity contribution in [2.45, 2.75) is 13.1 Å². The number of halogens is 2. The van der Waals surface area contributed by atoms with Crippen LogP contribution in [0.2, 0.25) is 0 Å². The summed E-state index contributed by atoms with van der Waals surface area (Å²) in [5.41, 5.74) is 5.04. The Morgan fingerprint density at radius 2 is 2.00 bits per heavy atom. The standard InChI is InChI=1S/C22H18BrIN4O3/c1-2-31-19-6-3-14(23)11-17(19)20-26-18-5-4-15(24)12-16(18)22(30)28(20)27-21(29)13-7-9-25-10-8-13/h3-12,20,26H,2H2,1H3,(H,27,29)/t20-/m0/s1. The molecule has 31 heavy (non-hydrogen) atoms. The fourth-order valence-electron chi connectivity index (χ4n) is 3.31. The number of carbonyl (C=O) groups excluding carboxylic acids is 2. The smallest absolute Gasteiger partial charge is 0.276 e. The normalized spacial score (nSPS) is 15.1. The van der Waals surface area contributed by atoms with Crippen molar-refractivity contribution in [2.75, 3.05) is 11.9 Å². The van der Waals surface area contributed by atoms with Crippen LogP contribution in [0.25, 0.3) is 0 Å². The second-order valence-corrected chi connectivity index (χ2v) is 8.87. The van der Waals surface area contributed by atoms with Gasteiger partial charge in [0.15, 0.2) is 6.17 Å². The summed E-state index contributed by atoms with van der Waals surface area (Å²) in [5, 5.41) is 4.69. The minimum absolute atomic E-state index is 0.318. The van der Waals surface area contributed by atoms with Gasteiger partial charge in [-0.3, -0.25) is 20.0 Å². The van der Waals surface area contributed by atoms with Gasteiger partial charge in [0, 0.05) is 37.3 Å². The summed E-state index contributed by atoms with van der Waals surface area (Å²) in [6.45, 7) is 2.36. The molecule has 0 saturated carbocycles. The highest BCUT2D eigenvalue weighted by atomic mass is 127. The maximum atomic E-state index is 13.5. The summed E-state index contributed by atoms with van der Waals surface area (Å²) in [4.78, 5) is 30.3. The van der Waals surface area contributed by atoms with Gasteiger partial charge in [0.25, 0.3) is 11.8 Å². The molecule has 1 atom stereocenters. The van der Waals surface area contributed by atoms with E-state index in [-0.39, 0.29) is 5.91 Å². The van der Waals surface area contributed by atoms with E-state index in [9.17, 15) is 9.59 Å². The Morgan fingerprint density at radius 1 is 1.23 bits per heavy atom. The lowest BCUT2D eigenvalue weighted by Crippen LogP contribution is -2.53. The van der Waals surface area contributed by atoms with E-state index in [1.807, 2.05) is 37.3 Å².